The summed E-state index contributed by atoms with van der Waals surface area (Å²) in [6.07, 6.45) is 4.73. The average molecular weight is 194 g/mol. The van der Waals surface area contributed by atoms with Gasteiger partial charge in [-0.15, -0.1) is 0 Å². The summed E-state index contributed by atoms with van der Waals surface area (Å²) >= 11 is 0. The largest absolute Gasteiger partial charge is 0.206 e. The first-order valence-electron chi connectivity index (χ1n) is 5.29. The Morgan fingerprint density at radius 1 is 0.571 bits per heavy atom. The summed E-state index contributed by atoms with van der Waals surface area (Å²) in [6.45, 7) is 0. The highest BCUT2D eigenvalue weighted by atomic mass is 19.1. The second kappa shape index (κ2) is 2.78. The van der Waals surface area contributed by atoms with E-state index in [1.807, 2.05) is 0 Å². The molecule has 0 atom stereocenters. The molecule has 0 spiro atoms. The molecule has 0 aliphatic heterocycles. The molecule has 0 nitrogen and oxygen atoms in total. The first-order chi connectivity index (χ1) is 6.79. The summed E-state index contributed by atoms with van der Waals surface area (Å²) in [5.41, 5.74) is 2.68. The molecule has 1 aromatic carbocycles. The van der Waals surface area contributed by atoms with E-state index in [4.69, 9.17) is 0 Å². The summed E-state index contributed by atoms with van der Waals surface area (Å²) in [6, 6.07) is 0. The Morgan fingerprint density at radius 3 is 1.14 bits per heavy atom. The summed E-state index contributed by atoms with van der Waals surface area (Å²) in [5.74, 6) is -0.183. The molecule has 2 aliphatic rings. The van der Waals surface area contributed by atoms with Crippen LogP contribution in [0.25, 0.3) is 0 Å². The van der Waals surface area contributed by atoms with Gasteiger partial charge in [0.05, 0.1) is 0 Å². The van der Waals surface area contributed by atoms with E-state index in [2.05, 4.69) is 0 Å². The fourth-order valence-electron chi connectivity index (χ4n) is 2.82. The first-order valence-corrected chi connectivity index (χ1v) is 5.29. The van der Waals surface area contributed by atoms with Crippen LogP contribution in [0.3, 0.4) is 0 Å². The van der Waals surface area contributed by atoms with E-state index in [-0.39, 0.29) is 11.6 Å². The summed E-state index contributed by atoms with van der Waals surface area (Å²) in [5, 5.41) is 0. The highest BCUT2D eigenvalue weighted by Gasteiger charge is 2.28. The Balaban J connectivity index is 2.33. The van der Waals surface area contributed by atoms with Gasteiger partial charge in [0.1, 0.15) is 11.6 Å². The van der Waals surface area contributed by atoms with Crippen LogP contribution in [0.2, 0.25) is 0 Å². The standard InChI is InChI=1S/C12H12F2/c13-11-7-3-1-4-8(7)12(14)10-6-2-5-9(10)11/h1-6H2. The molecule has 0 bridgehead atoms. The summed E-state index contributed by atoms with van der Waals surface area (Å²) in [4.78, 5) is 0. The van der Waals surface area contributed by atoms with Crippen LogP contribution in [-0.4, -0.2) is 0 Å². The lowest BCUT2D eigenvalue weighted by molar-refractivity contribution is 0.569. The van der Waals surface area contributed by atoms with Gasteiger partial charge in [-0.25, -0.2) is 8.78 Å². The number of fused-ring (bicyclic) bond motifs is 2. The maximum absolute atomic E-state index is 13.9. The molecule has 0 heterocycles. The number of hydrogen-bond donors (Lipinski definition) is 0. The molecular formula is C12H12F2. The van der Waals surface area contributed by atoms with Gasteiger partial charge in [-0.1, -0.05) is 0 Å². The third-order valence-electron chi connectivity index (χ3n) is 3.50. The van der Waals surface area contributed by atoms with Gasteiger partial charge in [-0.05, 0) is 60.8 Å². The van der Waals surface area contributed by atoms with Crippen molar-refractivity contribution in [2.75, 3.05) is 0 Å². The second-order valence-corrected chi connectivity index (χ2v) is 4.25. The molecule has 1 aromatic rings. The molecule has 74 valence electrons. The lowest BCUT2D eigenvalue weighted by atomic mass is 10.00. The van der Waals surface area contributed by atoms with E-state index in [9.17, 15) is 8.78 Å². The van der Waals surface area contributed by atoms with Gasteiger partial charge in [0.15, 0.2) is 0 Å². The maximum Gasteiger partial charge on any atom is 0.130 e. The minimum absolute atomic E-state index is 0.0913. The van der Waals surface area contributed by atoms with Crippen LogP contribution in [0.1, 0.15) is 35.1 Å². The van der Waals surface area contributed by atoms with E-state index in [1.54, 1.807) is 0 Å². The molecule has 0 saturated carbocycles. The van der Waals surface area contributed by atoms with Crippen molar-refractivity contribution in [3.8, 4) is 0 Å². The fourth-order valence-corrected chi connectivity index (χ4v) is 2.82. The maximum atomic E-state index is 13.9. The smallest absolute Gasteiger partial charge is 0.130 e. The number of hydrogen-bond acceptors (Lipinski definition) is 0. The van der Waals surface area contributed by atoms with Crippen molar-refractivity contribution in [1.29, 1.82) is 0 Å². The van der Waals surface area contributed by atoms with Crippen molar-refractivity contribution in [1.82, 2.24) is 0 Å². The molecule has 0 radical (unpaired) electrons. The average Bonchev–Trinajstić information content (AvgIpc) is 2.82. The van der Waals surface area contributed by atoms with Crippen LogP contribution < -0.4 is 0 Å². The van der Waals surface area contributed by atoms with E-state index < -0.39 is 0 Å². The zero-order chi connectivity index (χ0) is 9.71. The Hall–Kier alpha value is -0.920. The Bertz CT molecular complexity index is 335. The quantitative estimate of drug-likeness (QED) is 0.595. The van der Waals surface area contributed by atoms with E-state index in [0.717, 1.165) is 38.5 Å². The molecule has 2 heteroatoms. The van der Waals surface area contributed by atoms with E-state index >= 15 is 0 Å². The first kappa shape index (κ1) is 8.39. The highest BCUT2D eigenvalue weighted by Crippen LogP contribution is 2.36. The van der Waals surface area contributed by atoms with Crippen molar-refractivity contribution >= 4 is 0 Å². The third-order valence-corrected chi connectivity index (χ3v) is 3.50. The third kappa shape index (κ3) is 0.915. The SMILES string of the molecule is Fc1c2c(c(F)c3c1CCC3)CCC2. The van der Waals surface area contributed by atoms with Crippen LogP contribution in [0.5, 0.6) is 0 Å². The normalized spacial score (nSPS) is 18.4. The van der Waals surface area contributed by atoms with Gasteiger partial charge < -0.3 is 0 Å². The molecule has 0 N–H and O–H groups in total. The zero-order valence-electron chi connectivity index (χ0n) is 8.00. The Morgan fingerprint density at radius 2 is 0.857 bits per heavy atom. The molecule has 0 amide bonds. The van der Waals surface area contributed by atoms with Crippen LogP contribution in [-0.2, 0) is 25.7 Å². The summed E-state index contributed by atoms with van der Waals surface area (Å²) in [7, 11) is 0. The molecule has 3 rings (SSSR count). The van der Waals surface area contributed by atoms with Crippen LogP contribution in [0.15, 0.2) is 0 Å². The van der Waals surface area contributed by atoms with Crippen LogP contribution in [0, 0.1) is 11.6 Å². The Kier molecular flexibility index (Phi) is 1.67. The molecule has 2 aliphatic carbocycles. The van der Waals surface area contributed by atoms with Gasteiger partial charge in [-0.3, -0.25) is 0 Å². The van der Waals surface area contributed by atoms with Crippen molar-refractivity contribution in [3.63, 3.8) is 0 Å². The van der Waals surface area contributed by atoms with Gasteiger partial charge in [0.25, 0.3) is 0 Å². The van der Waals surface area contributed by atoms with Gasteiger partial charge in [0.2, 0.25) is 0 Å². The Labute approximate surface area is 81.9 Å². The zero-order valence-corrected chi connectivity index (χ0v) is 8.00. The predicted molar refractivity (Wildman–Crippen MR) is 50.4 cm³/mol. The second-order valence-electron chi connectivity index (χ2n) is 4.25. The lowest BCUT2D eigenvalue weighted by Crippen LogP contribution is -2.02. The van der Waals surface area contributed by atoms with E-state index in [1.165, 1.54) is 0 Å². The molecule has 0 unspecified atom stereocenters. The van der Waals surface area contributed by atoms with Crippen molar-refractivity contribution in [2.45, 2.75) is 38.5 Å². The molecule has 0 saturated heterocycles. The minimum Gasteiger partial charge on any atom is -0.206 e. The van der Waals surface area contributed by atoms with Gasteiger partial charge in [0, 0.05) is 0 Å². The fraction of sp³-hybridized carbons (Fsp3) is 0.500. The van der Waals surface area contributed by atoms with Gasteiger partial charge >= 0.3 is 0 Å². The van der Waals surface area contributed by atoms with Crippen LogP contribution >= 0.6 is 0 Å². The monoisotopic (exact) mass is 194 g/mol. The summed E-state index contributed by atoms with van der Waals surface area (Å²) < 4.78 is 27.8. The molecule has 0 fully saturated rings. The highest BCUT2D eigenvalue weighted by molar-refractivity contribution is 5.45. The predicted octanol–water partition coefficient (Wildman–Crippen LogP) is 2.94. The molecule has 14 heavy (non-hydrogen) atoms. The minimum atomic E-state index is -0.0913. The molecule has 0 aromatic heterocycles. The van der Waals surface area contributed by atoms with Crippen molar-refractivity contribution < 1.29 is 8.78 Å². The van der Waals surface area contributed by atoms with E-state index in [0.29, 0.717) is 22.3 Å². The van der Waals surface area contributed by atoms with Crippen molar-refractivity contribution in [2.24, 2.45) is 0 Å². The van der Waals surface area contributed by atoms with Gasteiger partial charge in [-0.2, -0.15) is 0 Å². The number of rotatable bonds is 0. The topological polar surface area (TPSA) is 0 Å². The number of benzene rings is 1. The lowest BCUT2D eigenvalue weighted by Gasteiger charge is -2.09. The number of halogens is 2. The van der Waals surface area contributed by atoms with Crippen LogP contribution in [0.4, 0.5) is 8.78 Å². The molecular weight excluding hydrogens is 182 g/mol. The van der Waals surface area contributed by atoms with Crippen molar-refractivity contribution in [3.05, 3.63) is 33.9 Å².